The monoisotopic (exact) mass is 811 g/mol. The van der Waals surface area contributed by atoms with E-state index in [2.05, 4.69) is 213 Å². The summed E-state index contributed by atoms with van der Waals surface area (Å²) in [6.07, 6.45) is 0. The second kappa shape index (κ2) is 11.5. The lowest BCUT2D eigenvalue weighted by molar-refractivity contribution is 0.794. The molecule has 2 aliphatic carbocycles. The summed E-state index contributed by atoms with van der Waals surface area (Å²) < 4.78 is 6.96. The van der Waals surface area contributed by atoms with Crippen molar-refractivity contribution in [1.82, 2.24) is 23.2 Å². The van der Waals surface area contributed by atoms with E-state index in [1.54, 1.807) is 0 Å². The lowest BCUT2D eigenvalue weighted by Gasteiger charge is -2.30. The molecular formula is C59H33N5. The molecule has 0 atom stereocenters. The molecule has 16 rings (SSSR count). The van der Waals surface area contributed by atoms with E-state index in [9.17, 15) is 0 Å². The van der Waals surface area contributed by atoms with Gasteiger partial charge in [0.1, 0.15) is 5.52 Å². The van der Waals surface area contributed by atoms with Crippen LogP contribution >= 0.6 is 0 Å². The number of aromatic nitrogens is 5. The SMILES string of the molecule is c1ccc2c(c1)-c1ccccc1C21c2ccccc2-c2ccc(-c3ccc(-c4cc5c6c(c4)n4c7cc8ccccc8cc7nc4n6c4nc6cc7ccccc7cc6n54)cc3)cc21. The Bertz CT molecular complexity index is 4150. The molecule has 64 heavy (non-hydrogen) atoms. The highest BCUT2D eigenvalue weighted by molar-refractivity contribution is 6.09. The molecule has 0 radical (unpaired) electrons. The van der Waals surface area contributed by atoms with Crippen LogP contribution in [0.15, 0.2) is 200 Å². The normalized spacial score (nSPS) is 13.8. The summed E-state index contributed by atoms with van der Waals surface area (Å²) in [5.41, 5.74) is 22.5. The van der Waals surface area contributed by atoms with Crippen molar-refractivity contribution >= 4 is 71.7 Å². The van der Waals surface area contributed by atoms with Crippen LogP contribution in [0.4, 0.5) is 0 Å². The van der Waals surface area contributed by atoms with Gasteiger partial charge >= 0.3 is 0 Å². The van der Waals surface area contributed by atoms with E-state index in [4.69, 9.17) is 9.97 Å². The Kier molecular flexibility index (Phi) is 5.94. The Hall–Kier alpha value is -8.54. The van der Waals surface area contributed by atoms with Crippen molar-refractivity contribution in [2.45, 2.75) is 5.41 Å². The first-order chi connectivity index (χ1) is 31.7. The van der Waals surface area contributed by atoms with E-state index in [0.717, 1.165) is 61.3 Å². The van der Waals surface area contributed by atoms with Crippen LogP contribution in [0.25, 0.3) is 116 Å². The van der Waals surface area contributed by atoms with Gasteiger partial charge in [0.05, 0.1) is 38.5 Å². The van der Waals surface area contributed by atoms with Crippen LogP contribution in [0.5, 0.6) is 0 Å². The van der Waals surface area contributed by atoms with E-state index >= 15 is 0 Å². The summed E-state index contributed by atoms with van der Waals surface area (Å²) in [4.78, 5) is 10.7. The number of hydrogen-bond acceptors (Lipinski definition) is 2. The summed E-state index contributed by atoms with van der Waals surface area (Å²) in [6, 6.07) is 74.2. The molecule has 0 saturated carbocycles. The minimum absolute atomic E-state index is 0.374. The average molecular weight is 812 g/mol. The zero-order valence-electron chi connectivity index (χ0n) is 34.3. The quantitative estimate of drug-likeness (QED) is 0.174. The van der Waals surface area contributed by atoms with E-state index in [0.29, 0.717) is 0 Å². The third-order valence-electron chi connectivity index (χ3n) is 14.7. The molecule has 14 aromatic rings. The lowest BCUT2D eigenvalue weighted by atomic mass is 9.70. The fourth-order valence-electron chi connectivity index (χ4n) is 12.0. The van der Waals surface area contributed by atoms with Crippen LogP contribution in [0.1, 0.15) is 22.3 Å². The minimum Gasteiger partial charge on any atom is -0.276 e. The summed E-state index contributed by atoms with van der Waals surface area (Å²) in [5, 5.41) is 4.76. The molecule has 0 N–H and O–H groups in total. The number of nitrogens with zero attached hydrogens (tertiary/aromatic N) is 5. The number of fused-ring (bicyclic) bond motifs is 22. The number of rotatable bonds is 2. The van der Waals surface area contributed by atoms with Crippen molar-refractivity contribution < 1.29 is 0 Å². The zero-order chi connectivity index (χ0) is 41.4. The second-order valence-electron chi connectivity index (χ2n) is 17.8. The van der Waals surface area contributed by atoms with E-state index in [1.807, 2.05) is 0 Å². The molecule has 0 unspecified atom stereocenters. The van der Waals surface area contributed by atoms with Crippen LogP contribution in [-0.4, -0.2) is 23.2 Å². The molecule has 5 nitrogen and oxygen atoms in total. The Morgan fingerprint density at radius 3 is 1.20 bits per heavy atom. The molecule has 4 heterocycles. The van der Waals surface area contributed by atoms with E-state index in [-0.39, 0.29) is 5.41 Å². The van der Waals surface area contributed by atoms with Gasteiger partial charge in [-0.3, -0.25) is 8.80 Å². The number of hydrogen-bond donors (Lipinski definition) is 0. The van der Waals surface area contributed by atoms with Crippen molar-refractivity contribution in [2.24, 2.45) is 0 Å². The maximum absolute atomic E-state index is 5.34. The first-order valence-electron chi connectivity index (χ1n) is 22.1. The van der Waals surface area contributed by atoms with Gasteiger partial charge < -0.3 is 0 Å². The van der Waals surface area contributed by atoms with Gasteiger partial charge in [-0.2, -0.15) is 0 Å². The molecular weight excluding hydrogens is 779 g/mol. The van der Waals surface area contributed by atoms with Crippen molar-refractivity contribution in [3.8, 4) is 44.5 Å². The summed E-state index contributed by atoms with van der Waals surface area (Å²) in [6.45, 7) is 0. The molecule has 0 bridgehead atoms. The standard InChI is InChI=1S/C59H33N5/c1-3-13-38-30-52-50(28-36(38)11-1)60-57-62(52)54-32-41(33-55-56(54)64(57)58-61-51-29-37-12-2-4-14-39(37)31-53(51)63(55)58)35-23-21-34(22-24-35)40-25-26-45-44-17-7-10-20-48(44)59(49(45)27-40)46-18-8-5-15-42(46)43-16-6-9-19-47(43)59/h1-33H. The van der Waals surface area contributed by atoms with Crippen molar-refractivity contribution in [3.05, 3.63) is 222 Å². The van der Waals surface area contributed by atoms with Crippen molar-refractivity contribution in [2.75, 3.05) is 0 Å². The van der Waals surface area contributed by atoms with Crippen LogP contribution in [0.2, 0.25) is 0 Å². The largest absolute Gasteiger partial charge is 0.276 e. The molecule has 4 aromatic heterocycles. The van der Waals surface area contributed by atoms with Gasteiger partial charge in [-0.1, -0.05) is 158 Å². The highest BCUT2D eigenvalue weighted by atomic mass is 15.3. The summed E-state index contributed by atoms with van der Waals surface area (Å²) in [7, 11) is 0. The van der Waals surface area contributed by atoms with Crippen molar-refractivity contribution in [3.63, 3.8) is 0 Å². The van der Waals surface area contributed by atoms with Crippen LogP contribution in [0.3, 0.4) is 0 Å². The molecule has 2 aliphatic rings. The van der Waals surface area contributed by atoms with E-state index < -0.39 is 0 Å². The highest BCUT2D eigenvalue weighted by Crippen LogP contribution is 2.63. The summed E-state index contributed by atoms with van der Waals surface area (Å²) >= 11 is 0. The molecule has 294 valence electrons. The van der Waals surface area contributed by atoms with Gasteiger partial charge in [-0.15, -0.1) is 0 Å². The predicted molar refractivity (Wildman–Crippen MR) is 261 cm³/mol. The average Bonchev–Trinajstić information content (AvgIpc) is 4.17. The topological polar surface area (TPSA) is 39.0 Å². The highest BCUT2D eigenvalue weighted by Gasteiger charge is 2.51. The number of imidazole rings is 4. The fraction of sp³-hybridized carbons (Fsp3) is 0.0169. The van der Waals surface area contributed by atoms with Crippen LogP contribution in [-0.2, 0) is 5.41 Å². The molecule has 5 heteroatoms. The first kappa shape index (κ1) is 33.1. The molecule has 10 aromatic carbocycles. The van der Waals surface area contributed by atoms with Gasteiger partial charge in [0.25, 0.3) is 0 Å². The number of benzene rings is 10. The maximum Gasteiger partial charge on any atom is 0.223 e. The molecule has 0 amide bonds. The van der Waals surface area contributed by atoms with Gasteiger partial charge in [0.2, 0.25) is 11.6 Å². The maximum atomic E-state index is 5.34. The zero-order valence-corrected chi connectivity index (χ0v) is 34.3. The van der Waals surface area contributed by atoms with Crippen LogP contribution < -0.4 is 0 Å². The predicted octanol–water partition coefficient (Wildman–Crippen LogP) is 14.1. The Morgan fingerprint density at radius 1 is 0.297 bits per heavy atom. The second-order valence-corrected chi connectivity index (χ2v) is 17.8. The smallest absolute Gasteiger partial charge is 0.223 e. The van der Waals surface area contributed by atoms with Gasteiger partial charge in [0, 0.05) is 0 Å². The summed E-state index contributed by atoms with van der Waals surface area (Å²) in [5.74, 6) is 1.74. The molecule has 0 saturated heterocycles. The lowest BCUT2D eigenvalue weighted by Crippen LogP contribution is -2.25. The fourth-order valence-corrected chi connectivity index (χ4v) is 12.0. The Morgan fingerprint density at radius 2 is 0.703 bits per heavy atom. The molecule has 0 fully saturated rings. The van der Waals surface area contributed by atoms with Crippen molar-refractivity contribution in [1.29, 1.82) is 0 Å². The van der Waals surface area contributed by atoms with Gasteiger partial charge in [-0.25, -0.2) is 14.4 Å². The van der Waals surface area contributed by atoms with Crippen LogP contribution in [0, 0.1) is 0 Å². The minimum atomic E-state index is -0.374. The third kappa shape index (κ3) is 3.93. The Balaban J connectivity index is 0.908. The third-order valence-corrected chi connectivity index (χ3v) is 14.7. The molecule has 1 spiro atoms. The molecule has 0 aliphatic heterocycles. The van der Waals surface area contributed by atoms with Gasteiger partial charge in [-0.05, 0) is 131 Å². The Labute approximate surface area is 365 Å². The van der Waals surface area contributed by atoms with E-state index in [1.165, 1.54) is 77.2 Å². The first-order valence-corrected chi connectivity index (χ1v) is 22.1. The van der Waals surface area contributed by atoms with Gasteiger partial charge in [0.15, 0.2) is 0 Å².